The number of nitrogens with one attached hydrogen (secondary N) is 2. The van der Waals surface area contributed by atoms with E-state index >= 15 is 0 Å². The quantitative estimate of drug-likeness (QED) is 0.292. The Labute approximate surface area is 201 Å². The second-order valence-corrected chi connectivity index (χ2v) is 9.65. The summed E-state index contributed by atoms with van der Waals surface area (Å²) in [6.07, 6.45) is -4.48. The maximum Gasteiger partial charge on any atom is 0.416 e. The van der Waals surface area contributed by atoms with Gasteiger partial charge in [0.05, 0.1) is 21.5 Å². The van der Waals surface area contributed by atoms with Gasteiger partial charge in [-0.05, 0) is 55.5 Å². The molecule has 1 aromatic heterocycles. The van der Waals surface area contributed by atoms with Gasteiger partial charge in [-0.15, -0.1) is 11.3 Å². The minimum absolute atomic E-state index is 0.00693. The molecule has 3 aromatic carbocycles. The number of hydrogen-bond acceptors (Lipinski definition) is 5. The number of benzene rings is 3. The van der Waals surface area contributed by atoms with Gasteiger partial charge in [0.15, 0.2) is 4.34 Å². The lowest BCUT2D eigenvalue weighted by molar-refractivity contribution is -0.137. The minimum atomic E-state index is -4.48. The molecule has 2 amide bonds. The lowest BCUT2D eigenvalue weighted by Gasteiger charge is -2.09. The third-order valence-electron chi connectivity index (χ3n) is 4.71. The van der Waals surface area contributed by atoms with Gasteiger partial charge in [-0.25, -0.2) is 4.98 Å². The van der Waals surface area contributed by atoms with Crippen LogP contribution in [0.2, 0.25) is 0 Å². The first-order valence-corrected chi connectivity index (χ1v) is 11.9. The largest absolute Gasteiger partial charge is 0.416 e. The number of carbonyl (C=O) groups excluding carboxylic acids is 2. The molecular weight excluding hydrogens is 483 g/mol. The van der Waals surface area contributed by atoms with E-state index in [2.05, 4.69) is 15.6 Å². The fourth-order valence-electron chi connectivity index (χ4n) is 3.13. The van der Waals surface area contributed by atoms with Gasteiger partial charge in [0, 0.05) is 16.9 Å². The number of hydrogen-bond donors (Lipinski definition) is 2. The Morgan fingerprint density at radius 3 is 2.50 bits per heavy atom. The van der Waals surface area contributed by atoms with Crippen molar-refractivity contribution in [1.29, 1.82) is 0 Å². The van der Waals surface area contributed by atoms with Gasteiger partial charge < -0.3 is 10.6 Å². The number of thiazole rings is 1. The number of amides is 2. The van der Waals surface area contributed by atoms with Crippen LogP contribution < -0.4 is 10.6 Å². The molecule has 10 heteroatoms. The van der Waals surface area contributed by atoms with Crippen LogP contribution in [0, 0.1) is 6.92 Å². The molecule has 0 atom stereocenters. The van der Waals surface area contributed by atoms with E-state index in [0.717, 1.165) is 27.9 Å². The normalized spacial score (nSPS) is 11.4. The first-order chi connectivity index (χ1) is 16.2. The number of alkyl halides is 3. The number of fused-ring (bicyclic) bond motifs is 1. The summed E-state index contributed by atoms with van der Waals surface area (Å²) in [5.41, 5.74) is 2.16. The Kier molecular flexibility index (Phi) is 6.90. The van der Waals surface area contributed by atoms with Crippen LogP contribution in [0.3, 0.4) is 0 Å². The van der Waals surface area contributed by atoms with E-state index in [1.165, 1.54) is 35.2 Å². The Morgan fingerprint density at radius 2 is 1.74 bits per heavy atom. The minimum Gasteiger partial charge on any atom is -0.325 e. The van der Waals surface area contributed by atoms with Gasteiger partial charge in [0.1, 0.15) is 0 Å². The van der Waals surface area contributed by atoms with Crippen LogP contribution >= 0.6 is 23.1 Å². The van der Waals surface area contributed by atoms with E-state index in [1.807, 2.05) is 25.1 Å². The van der Waals surface area contributed by atoms with Crippen LogP contribution in [0.5, 0.6) is 0 Å². The number of aryl methyl sites for hydroxylation is 1. The molecular formula is C24H18F3N3O2S2. The van der Waals surface area contributed by atoms with E-state index in [4.69, 9.17) is 0 Å². The van der Waals surface area contributed by atoms with Crippen LogP contribution in [0.15, 0.2) is 71.1 Å². The number of aromatic nitrogens is 1. The summed E-state index contributed by atoms with van der Waals surface area (Å²) in [7, 11) is 0. The lowest BCUT2D eigenvalue weighted by Crippen LogP contribution is -2.14. The van der Waals surface area contributed by atoms with Crippen LogP contribution in [0.4, 0.5) is 24.5 Å². The molecule has 0 spiro atoms. The van der Waals surface area contributed by atoms with E-state index < -0.39 is 17.6 Å². The molecule has 0 aliphatic rings. The van der Waals surface area contributed by atoms with Crippen LogP contribution in [0.1, 0.15) is 21.5 Å². The number of halogens is 3. The van der Waals surface area contributed by atoms with Crippen LogP contribution in [-0.4, -0.2) is 22.6 Å². The molecule has 4 aromatic rings. The van der Waals surface area contributed by atoms with Crippen molar-refractivity contribution in [2.75, 3.05) is 16.4 Å². The molecule has 0 saturated heterocycles. The Balaban J connectivity index is 1.38. The second-order valence-electron chi connectivity index (χ2n) is 7.40. The van der Waals surface area contributed by atoms with Crippen molar-refractivity contribution >= 4 is 56.5 Å². The monoisotopic (exact) mass is 501 g/mol. The van der Waals surface area contributed by atoms with Crippen molar-refractivity contribution < 1.29 is 22.8 Å². The highest BCUT2D eigenvalue weighted by atomic mass is 32.2. The molecule has 34 heavy (non-hydrogen) atoms. The van der Waals surface area contributed by atoms with Gasteiger partial charge in [-0.3, -0.25) is 9.59 Å². The SMILES string of the molecule is Cc1cccc(C(=O)Nc2ccc3nc(SCC(=O)Nc4cccc(C(F)(F)F)c4)sc3c2)c1. The van der Waals surface area contributed by atoms with E-state index in [0.29, 0.717) is 15.6 Å². The molecule has 5 nitrogen and oxygen atoms in total. The molecule has 0 radical (unpaired) electrons. The van der Waals surface area contributed by atoms with Crippen molar-refractivity contribution in [3.05, 3.63) is 83.4 Å². The van der Waals surface area contributed by atoms with Gasteiger partial charge in [-0.2, -0.15) is 13.2 Å². The predicted molar refractivity (Wildman–Crippen MR) is 130 cm³/mol. The summed E-state index contributed by atoms with van der Waals surface area (Å²) in [6, 6.07) is 17.1. The molecule has 0 bridgehead atoms. The van der Waals surface area contributed by atoms with Gasteiger partial charge >= 0.3 is 6.18 Å². The smallest absolute Gasteiger partial charge is 0.325 e. The van der Waals surface area contributed by atoms with Gasteiger partial charge in [0.25, 0.3) is 5.91 Å². The third-order valence-corrected chi connectivity index (χ3v) is 6.87. The summed E-state index contributed by atoms with van der Waals surface area (Å²) in [6.45, 7) is 1.92. The molecule has 2 N–H and O–H groups in total. The van der Waals surface area contributed by atoms with Crippen molar-refractivity contribution in [2.24, 2.45) is 0 Å². The Morgan fingerprint density at radius 1 is 0.971 bits per heavy atom. The highest BCUT2D eigenvalue weighted by Gasteiger charge is 2.30. The molecule has 1 heterocycles. The fourth-order valence-corrected chi connectivity index (χ4v) is 5.04. The molecule has 174 valence electrons. The van der Waals surface area contributed by atoms with E-state index in [1.54, 1.807) is 24.3 Å². The molecule has 0 saturated carbocycles. The summed E-state index contributed by atoms with van der Waals surface area (Å²) < 4.78 is 40.0. The number of carbonyl (C=O) groups is 2. The zero-order valence-corrected chi connectivity index (χ0v) is 19.4. The van der Waals surface area contributed by atoms with Crippen molar-refractivity contribution in [3.63, 3.8) is 0 Å². The fraction of sp³-hybridized carbons (Fsp3) is 0.125. The average molecular weight is 502 g/mol. The number of anilines is 2. The van der Waals surface area contributed by atoms with Crippen molar-refractivity contribution in [2.45, 2.75) is 17.4 Å². The molecule has 0 fully saturated rings. The summed E-state index contributed by atoms with van der Waals surface area (Å²) in [5.74, 6) is -0.657. The Hall–Kier alpha value is -3.37. The molecule has 0 aliphatic heterocycles. The highest BCUT2D eigenvalue weighted by molar-refractivity contribution is 8.01. The molecule has 4 rings (SSSR count). The van der Waals surface area contributed by atoms with Crippen LogP contribution in [-0.2, 0) is 11.0 Å². The Bertz CT molecular complexity index is 1370. The lowest BCUT2D eigenvalue weighted by atomic mass is 10.1. The zero-order chi connectivity index (χ0) is 24.3. The number of rotatable bonds is 6. The predicted octanol–water partition coefficient (Wildman–Crippen LogP) is 6.61. The number of nitrogens with zero attached hydrogens (tertiary/aromatic N) is 1. The third kappa shape index (κ3) is 5.95. The first-order valence-electron chi connectivity index (χ1n) is 10.1. The highest BCUT2D eigenvalue weighted by Crippen LogP contribution is 2.32. The first kappa shape index (κ1) is 23.8. The number of thioether (sulfide) groups is 1. The summed E-state index contributed by atoms with van der Waals surface area (Å²) in [5, 5.41) is 5.35. The topological polar surface area (TPSA) is 71.1 Å². The second kappa shape index (κ2) is 9.86. The molecule has 0 unspecified atom stereocenters. The average Bonchev–Trinajstić information content (AvgIpc) is 3.19. The van der Waals surface area contributed by atoms with Crippen LogP contribution in [0.25, 0.3) is 10.2 Å². The maximum absolute atomic E-state index is 12.8. The van der Waals surface area contributed by atoms with E-state index in [-0.39, 0.29) is 17.3 Å². The summed E-state index contributed by atoms with van der Waals surface area (Å²) in [4.78, 5) is 29.2. The van der Waals surface area contributed by atoms with Gasteiger partial charge in [-0.1, -0.05) is 35.5 Å². The standard InChI is InChI=1S/C24H18F3N3O2S2/c1-14-4-2-5-15(10-14)22(32)29-18-8-9-19-20(12-18)34-23(30-19)33-13-21(31)28-17-7-3-6-16(11-17)24(25,26)27/h2-12H,13H2,1H3,(H,28,31)(H,29,32). The van der Waals surface area contributed by atoms with Crippen molar-refractivity contribution in [1.82, 2.24) is 4.98 Å². The molecule has 0 aliphatic carbocycles. The summed E-state index contributed by atoms with van der Waals surface area (Å²) >= 11 is 2.55. The van der Waals surface area contributed by atoms with E-state index in [9.17, 15) is 22.8 Å². The maximum atomic E-state index is 12.8. The van der Waals surface area contributed by atoms with Gasteiger partial charge in [0.2, 0.25) is 5.91 Å². The van der Waals surface area contributed by atoms with Crippen molar-refractivity contribution in [3.8, 4) is 0 Å². The zero-order valence-electron chi connectivity index (χ0n) is 17.8.